The molecule has 2 aliphatic heterocycles. The normalized spacial score (nSPS) is 15.4. The van der Waals surface area contributed by atoms with Gasteiger partial charge < -0.3 is 9.47 Å². The molecule has 0 aliphatic carbocycles. The predicted molar refractivity (Wildman–Crippen MR) is 172 cm³/mol. The van der Waals surface area contributed by atoms with Gasteiger partial charge >= 0.3 is 29.6 Å². The number of carbonyl (C=O) groups excluding carboxylic acids is 4. The van der Waals surface area contributed by atoms with Crippen LogP contribution in [0.4, 0.5) is 55.3 Å². The van der Waals surface area contributed by atoms with E-state index in [4.69, 9.17) is 9.47 Å². The molecule has 0 fully saturated rings. The SMILES string of the molecule is O=C1C=CC(=O)N1c1ccc(Oc2ccc(C(F)(F)C(F)(F)C(F)(F)C(F)(F)C(F)(F)c3ccc(Oc4ccc(N5C(=O)C=CC5=O)cc4)cc3)cc2)cc1. The Morgan fingerprint density at radius 1 is 0.345 bits per heavy atom. The van der Waals surface area contributed by atoms with Gasteiger partial charge in [-0.1, -0.05) is 0 Å². The first-order chi connectivity index (χ1) is 25.7. The van der Waals surface area contributed by atoms with Crippen molar-refractivity contribution in [3.8, 4) is 23.0 Å². The van der Waals surface area contributed by atoms with E-state index >= 15 is 17.6 Å². The summed E-state index contributed by atoms with van der Waals surface area (Å²) in [7, 11) is 0. The molecule has 0 atom stereocenters. The third-order valence-electron chi connectivity index (χ3n) is 8.29. The van der Waals surface area contributed by atoms with Gasteiger partial charge in [-0.25, -0.2) is 9.80 Å². The number of anilines is 2. The average Bonchev–Trinajstić information content (AvgIpc) is 3.67. The summed E-state index contributed by atoms with van der Waals surface area (Å²) >= 11 is 0. The summed E-state index contributed by atoms with van der Waals surface area (Å²) < 4.78 is 160. The Morgan fingerprint density at radius 2 is 0.582 bits per heavy atom. The molecule has 284 valence electrons. The summed E-state index contributed by atoms with van der Waals surface area (Å²) in [5.74, 6) is -37.1. The second kappa shape index (κ2) is 13.4. The molecule has 0 N–H and O–H groups in total. The van der Waals surface area contributed by atoms with Crippen LogP contribution >= 0.6 is 0 Å². The summed E-state index contributed by atoms with van der Waals surface area (Å²) in [4.78, 5) is 48.9. The Bertz CT molecular complexity index is 2030. The van der Waals surface area contributed by atoms with Crippen LogP contribution in [0.3, 0.4) is 0 Å². The van der Waals surface area contributed by atoms with Crippen LogP contribution in [0.2, 0.25) is 0 Å². The smallest absolute Gasteiger partial charge is 0.385 e. The minimum Gasteiger partial charge on any atom is -0.457 e. The molecule has 8 nitrogen and oxygen atoms in total. The second-order valence-electron chi connectivity index (χ2n) is 11.8. The zero-order valence-electron chi connectivity index (χ0n) is 27.2. The highest BCUT2D eigenvalue weighted by Gasteiger charge is 2.86. The van der Waals surface area contributed by atoms with E-state index in [1.54, 1.807) is 0 Å². The number of hydrogen-bond donors (Lipinski definition) is 0. The van der Waals surface area contributed by atoms with Crippen molar-refractivity contribution in [3.05, 3.63) is 132 Å². The van der Waals surface area contributed by atoms with Crippen LogP contribution in [0.1, 0.15) is 11.1 Å². The number of rotatable bonds is 12. The van der Waals surface area contributed by atoms with Crippen LogP contribution in [0.5, 0.6) is 23.0 Å². The minimum absolute atomic E-state index is 0.0318. The number of benzene rings is 4. The molecule has 0 aromatic heterocycles. The van der Waals surface area contributed by atoms with Crippen molar-refractivity contribution >= 4 is 35.0 Å². The van der Waals surface area contributed by atoms with E-state index in [1.807, 2.05) is 0 Å². The topological polar surface area (TPSA) is 93.2 Å². The van der Waals surface area contributed by atoms with E-state index in [1.165, 1.54) is 48.5 Å². The number of imide groups is 2. The molecule has 2 heterocycles. The Labute approximate surface area is 302 Å². The number of amides is 4. The average molecular weight is 779 g/mol. The van der Waals surface area contributed by atoms with Gasteiger partial charge in [0.05, 0.1) is 11.4 Å². The van der Waals surface area contributed by atoms with Gasteiger partial charge in [0.25, 0.3) is 23.6 Å². The molecular weight excluding hydrogens is 758 g/mol. The van der Waals surface area contributed by atoms with E-state index in [9.17, 15) is 45.5 Å². The molecule has 0 radical (unpaired) electrons. The monoisotopic (exact) mass is 778 g/mol. The molecule has 0 saturated heterocycles. The van der Waals surface area contributed by atoms with E-state index in [2.05, 4.69) is 0 Å². The summed E-state index contributed by atoms with van der Waals surface area (Å²) in [5.41, 5.74) is -3.62. The summed E-state index contributed by atoms with van der Waals surface area (Å²) in [5, 5.41) is 0. The summed E-state index contributed by atoms with van der Waals surface area (Å²) in [6.07, 6.45) is 4.12. The van der Waals surface area contributed by atoms with Gasteiger partial charge in [-0.15, -0.1) is 0 Å². The van der Waals surface area contributed by atoms with Crippen molar-refractivity contribution in [3.63, 3.8) is 0 Å². The number of halogens is 10. The molecular formula is C37H20F10N2O6. The Balaban J connectivity index is 1.14. The molecule has 0 unspecified atom stereocenters. The lowest BCUT2D eigenvalue weighted by atomic mass is 9.88. The zero-order chi connectivity index (χ0) is 40.1. The first-order valence-electron chi connectivity index (χ1n) is 15.5. The van der Waals surface area contributed by atoms with Crippen molar-refractivity contribution in [1.82, 2.24) is 0 Å². The van der Waals surface area contributed by atoms with Gasteiger partial charge in [-0.05, 0) is 97.1 Å². The van der Waals surface area contributed by atoms with E-state index in [0.29, 0.717) is 24.3 Å². The number of nitrogens with zero attached hydrogens (tertiary/aromatic N) is 2. The van der Waals surface area contributed by atoms with Crippen LogP contribution in [0, 0.1) is 0 Å². The van der Waals surface area contributed by atoms with Crippen LogP contribution in [-0.4, -0.2) is 41.4 Å². The number of ether oxygens (including phenoxy) is 2. The van der Waals surface area contributed by atoms with Crippen LogP contribution in [-0.2, 0) is 31.0 Å². The third kappa shape index (κ3) is 6.46. The summed E-state index contributed by atoms with van der Waals surface area (Å²) in [6.45, 7) is 0. The maximum Gasteiger partial charge on any atom is 0.385 e. The van der Waals surface area contributed by atoms with Gasteiger partial charge in [0.15, 0.2) is 0 Å². The van der Waals surface area contributed by atoms with E-state index < -0.39 is 64.4 Å². The molecule has 6 rings (SSSR count). The molecule has 0 spiro atoms. The zero-order valence-corrected chi connectivity index (χ0v) is 27.2. The molecule has 4 amide bonds. The lowest BCUT2D eigenvalue weighted by molar-refractivity contribution is -0.407. The molecule has 0 saturated carbocycles. The minimum atomic E-state index is -7.36. The van der Waals surface area contributed by atoms with Crippen LogP contribution < -0.4 is 19.3 Å². The fourth-order valence-electron chi connectivity index (χ4n) is 5.33. The van der Waals surface area contributed by atoms with E-state index in [-0.39, 0.29) is 58.6 Å². The highest BCUT2D eigenvalue weighted by Crippen LogP contribution is 2.61. The molecule has 0 bridgehead atoms. The first kappa shape index (κ1) is 38.3. The molecule has 2 aliphatic rings. The van der Waals surface area contributed by atoms with Crippen molar-refractivity contribution in [2.45, 2.75) is 29.6 Å². The van der Waals surface area contributed by atoms with Crippen LogP contribution in [0.15, 0.2) is 121 Å². The van der Waals surface area contributed by atoms with Crippen molar-refractivity contribution in [1.29, 1.82) is 0 Å². The fourth-order valence-corrected chi connectivity index (χ4v) is 5.33. The van der Waals surface area contributed by atoms with Gasteiger partial charge in [0.1, 0.15) is 23.0 Å². The maximum absolute atomic E-state index is 15.0. The number of hydrogen-bond acceptors (Lipinski definition) is 6. The maximum atomic E-state index is 15.0. The quantitative estimate of drug-likeness (QED) is 0.105. The molecule has 4 aromatic rings. The van der Waals surface area contributed by atoms with Crippen molar-refractivity contribution in [2.24, 2.45) is 0 Å². The second-order valence-corrected chi connectivity index (χ2v) is 11.8. The first-order valence-corrected chi connectivity index (χ1v) is 15.5. The number of alkyl halides is 10. The standard InChI is InChI=1S/C37H20F10N2O6/c38-33(39,21-1-9-25(10-2-21)54-27-13-5-23(6-14-27)48-29(50)17-18-30(48)51)35(42,43)37(46,47)36(44,45)34(40,41)22-3-11-26(12-4-22)55-28-15-7-24(8-16-28)49-31(52)19-20-32(49)53/h1-20H. The lowest BCUT2D eigenvalue weighted by Crippen LogP contribution is -2.65. The highest BCUT2D eigenvalue weighted by molar-refractivity contribution is 6.28. The molecule has 4 aromatic carbocycles. The van der Waals surface area contributed by atoms with Gasteiger partial charge in [-0.3, -0.25) is 19.2 Å². The Kier molecular flexibility index (Phi) is 9.35. The number of carbonyl (C=O) groups is 4. The highest BCUT2D eigenvalue weighted by atomic mass is 19.4. The lowest BCUT2D eigenvalue weighted by Gasteiger charge is -2.39. The largest absolute Gasteiger partial charge is 0.457 e. The molecule has 18 heteroatoms. The van der Waals surface area contributed by atoms with Crippen LogP contribution in [0.25, 0.3) is 0 Å². The van der Waals surface area contributed by atoms with Gasteiger partial charge in [-0.2, -0.15) is 43.9 Å². The third-order valence-corrected chi connectivity index (χ3v) is 8.29. The Hall–Kier alpha value is -6.46. The van der Waals surface area contributed by atoms with Gasteiger partial charge in [0, 0.05) is 35.4 Å². The van der Waals surface area contributed by atoms with Crippen molar-refractivity contribution < 1.29 is 72.6 Å². The molecule has 55 heavy (non-hydrogen) atoms. The van der Waals surface area contributed by atoms with E-state index in [0.717, 1.165) is 34.1 Å². The predicted octanol–water partition coefficient (Wildman–Crippen LogP) is 8.92. The Morgan fingerprint density at radius 3 is 0.836 bits per heavy atom. The fraction of sp³-hybridized carbons (Fsp3) is 0.135. The van der Waals surface area contributed by atoms with Crippen molar-refractivity contribution in [2.75, 3.05) is 9.80 Å². The van der Waals surface area contributed by atoms with Gasteiger partial charge in [0.2, 0.25) is 0 Å². The summed E-state index contributed by atoms with van der Waals surface area (Å²) in [6, 6.07) is 13.0.